The lowest BCUT2D eigenvalue weighted by atomic mass is 9.62. The van der Waals surface area contributed by atoms with Crippen LogP contribution in [0, 0.1) is 17.0 Å². The zero-order valence-electron chi connectivity index (χ0n) is 19.9. The molecule has 0 saturated carbocycles. The van der Waals surface area contributed by atoms with E-state index in [-0.39, 0.29) is 21.9 Å². The Bertz CT molecular complexity index is 1260. The number of halogens is 4. The Balaban J connectivity index is 1.99. The largest absolute Gasteiger partial charge is 0.481 e. The maximum absolute atomic E-state index is 14.8. The van der Waals surface area contributed by atoms with Crippen LogP contribution in [0.5, 0.6) is 0 Å². The molecule has 4 atom stereocenters. The van der Waals surface area contributed by atoms with Gasteiger partial charge in [0.25, 0.3) is 0 Å². The smallest absolute Gasteiger partial charge is 0.303 e. The number of nitrogens with one attached hydrogen (secondary N) is 2. The fourth-order valence-corrected chi connectivity index (χ4v) is 5.93. The molecule has 192 valence electrons. The highest BCUT2D eigenvalue weighted by atomic mass is 35.5. The first-order chi connectivity index (χ1) is 16.8. The van der Waals surface area contributed by atoms with E-state index in [9.17, 15) is 23.2 Å². The summed E-state index contributed by atoms with van der Waals surface area (Å²) in [5.41, 5.74) is -0.738. The quantitative estimate of drug-likeness (QED) is 0.454. The highest BCUT2D eigenvalue weighted by Crippen LogP contribution is 2.57. The van der Waals surface area contributed by atoms with Crippen LogP contribution in [-0.4, -0.2) is 34.8 Å². The van der Waals surface area contributed by atoms with Gasteiger partial charge in [-0.15, -0.1) is 0 Å². The van der Waals surface area contributed by atoms with Gasteiger partial charge in [0.2, 0.25) is 5.91 Å². The van der Waals surface area contributed by atoms with Gasteiger partial charge in [-0.3, -0.25) is 14.4 Å². The molecule has 0 radical (unpaired) electrons. The lowest BCUT2D eigenvalue weighted by molar-refractivity contribution is -0.138. The van der Waals surface area contributed by atoms with Gasteiger partial charge >= 0.3 is 5.97 Å². The molecule has 2 aliphatic rings. The van der Waals surface area contributed by atoms with E-state index in [2.05, 4.69) is 10.6 Å². The molecule has 1 fully saturated rings. The monoisotopic (exact) mass is 538 g/mol. The van der Waals surface area contributed by atoms with Gasteiger partial charge in [0.05, 0.1) is 22.5 Å². The Hall–Kier alpha value is -2.55. The van der Waals surface area contributed by atoms with Crippen molar-refractivity contribution in [3.63, 3.8) is 0 Å². The van der Waals surface area contributed by atoms with Crippen molar-refractivity contribution < 1.29 is 28.3 Å². The first-order valence-corrected chi connectivity index (χ1v) is 12.3. The number of rotatable bonds is 6. The average molecular weight is 539 g/mol. The highest BCUT2D eigenvalue weighted by Gasteiger charge is 2.65. The Morgan fingerprint density at radius 3 is 2.33 bits per heavy atom. The lowest BCUT2D eigenvalue weighted by Gasteiger charge is -2.37. The fraction of sp³-hybridized carbons (Fsp3) is 0.423. The van der Waals surface area contributed by atoms with Crippen LogP contribution in [0.1, 0.15) is 57.1 Å². The van der Waals surface area contributed by atoms with E-state index in [4.69, 9.17) is 28.3 Å². The predicted molar refractivity (Wildman–Crippen MR) is 133 cm³/mol. The summed E-state index contributed by atoms with van der Waals surface area (Å²) in [6.45, 7) is 5.92. The van der Waals surface area contributed by atoms with Gasteiger partial charge in [-0.05, 0) is 47.2 Å². The molecule has 0 aromatic heterocycles. The van der Waals surface area contributed by atoms with Gasteiger partial charge in [0.15, 0.2) is 5.78 Å². The molecular weight excluding hydrogens is 513 g/mol. The van der Waals surface area contributed by atoms with Crippen LogP contribution in [0.25, 0.3) is 0 Å². The van der Waals surface area contributed by atoms with Crippen molar-refractivity contribution in [2.75, 3.05) is 5.32 Å². The number of fused-ring (bicyclic) bond motifs is 2. The van der Waals surface area contributed by atoms with Crippen molar-refractivity contribution in [2.24, 2.45) is 5.41 Å². The Morgan fingerprint density at radius 2 is 1.72 bits per heavy atom. The average Bonchev–Trinajstić information content (AvgIpc) is 3.23. The van der Waals surface area contributed by atoms with E-state index >= 15 is 0 Å². The second kappa shape index (κ2) is 9.39. The number of hydrogen-bond acceptors (Lipinski definition) is 4. The molecule has 1 saturated heterocycles. The van der Waals surface area contributed by atoms with Crippen molar-refractivity contribution in [1.29, 1.82) is 0 Å². The van der Waals surface area contributed by atoms with E-state index in [1.165, 1.54) is 24.3 Å². The summed E-state index contributed by atoms with van der Waals surface area (Å²) in [6.07, 6.45) is -0.254. The predicted octanol–water partition coefficient (Wildman–Crippen LogP) is 5.46. The molecule has 0 bridgehead atoms. The standard InChI is InChI=1S/C26H26Cl2F2N2O4/c1-25(2,3)11-20-26(13-9-17(30)15(28)10-18(13)31-24(26)36)22(12-4-5-16(29)14(27)8-12)23(32-20)19(33)6-7-21(34)35/h4-5,8-10,20,22-23,32H,6-7,11H2,1-3H3,(H,31,36)(H,34,35)/t20-,22+,23+,26+/m1/s1. The molecule has 2 aliphatic heterocycles. The number of benzene rings is 2. The molecule has 0 aliphatic carbocycles. The fourth-order valence-electron chi connectivity index (χ4n) is 5.58. The van der Waals surface area contributed by atoms with E-state index in [0.717, 1.165) is 6.07 Å². The van der Waals surface area contributed by atoms with Crippen LogP contribution >= 0.6 is 23.2 Å². The summed E-state index contributed by atoms with van der Waals surface area (Å²) in [7, 11) is 0. The van der Waals surface area contributed by atoms with Gasteiger partial charge in [0, 0.05) is 24.1 Å². The summed E-state index contributed by atoms with van der Waals surface area (Å²) in [5, 5.41) is 14.9. The topological polar surface area (TPSA) is 95.5 Å². The first-order valence-electron chi connectivity index (χ1n) is 11.5. The van der Waals surface area contributed by atoms with Crippen LogP contribution in [0.3, 0.4) is 0 Å². The minimum absolute atomic E-state index is 0.167. The molecule has 0 unspecified atom stereocenters. The van der Waals surface area contributed by atoms with Gasteiger partial charge in [-0.1, -0.05) is 50.0 Å². The summed E-state index contributed by atoms with van der Waals surface area (Å²) < 4.78 is 28.9. The normalized spacial score (nSPS) is 25.2. The second-order valence-electron chi connectivity index (χ2n) is 10.6. The van der Waals surface area contributed by atoms with Crippen molar-refractivity contribution >= 4 is 46.5 Å². The molecule has 2 aromatic rings. The molecule has 3 N–H and O–H groups in total. The summed E-state index contributed by atoms with van der Waals surface area (Å²) in [5.74, 6) is -4.34. The molecule has 1 amide bonds. The van der Waals surface area contributed by atoms with Gasteiger partial charge < -0.3 is 15.7 Å². The third-order valence-electron chi connectivity index (χ3n) is 6.94. The third-order valence-corrected chi connectivity index (χ3v) is 7.52. The molecule has 2 heterocycles. The lowest BCUT2D eigenvalue weighted by Crippen LogP contribution is -2.49. The Morgan fingerprint density at radius 1 is 1.06 bits per heavy atom. The summed E-state index contributed by atoms with van der Waals surface area (Å²) >= 11 is 12.1. The molecule has 2 aromatic carbocycles. The van der Waals surface area contributed by atoms with Crippen LogP contribution in [0.2, 0.25) is 10.0 Å². The molecule has 10 heteroatoms. The third kappa shape index (κ3) is 4.51. The van der Waals surface area contributed by atoms with Crippen LogP contribution in [0.15, 0.2) is 30.3 Å². The number of carboxylic acids is 1. The number of carbonyl (C=O) groups excluding carboxylic acids is 2. The number of amides is 1. The minimum Gasteiger partial charge on any atom is -0.481 e. The van der Waals surface area contributed by atoms with Gasteiger partial charge in [-0.2, -0.15) is 0 Å². The maximum atomic E-state index is 14.8. The maximum Gasteiger partial charge on any atom is 0.303 e. The molecule has 4 rings (SSSR count). The highest BCUT2D eigenvalue weighted by molar-refractivity contribution is 6.31. The number of Topliss-reactive ketones (excluding diaryl/α,β-unsaturated/α-hetero) is 1. The second-order valence-corrected chi connectivity index (χ2v) is 11.4. The van der Waals surface area contributed by atoms with Crippen LogP contribution in [0.4, 0.5) is 14.5 Å². The van der Waals surface area contributed by atoms with E-state index in [0.29, 0.717) is 23.2 Å². The molecular formula is C26H26Cl2F2N2O4. The zero-order valence-corrected chi connectivity index (χ0v) is 21.4. The summed E-state index contributed by atoms with van der Waals surface area (Å²) in [6, 6.07) is 4.84. The Kier molecular flexibility index (Phi) is 6.92. The number of hydrogen-bond donors (Lipinski definition) is 3. The number of carbonyl (C=O) groups is 3. The molecule has 6 nitrogen and oxygen atoms in total. The van der Waals surface area contributed by atoms with Crippen molar-refractivity contribution in [2.45, 2.75) is 63.5 Å². The van der Waals surface area contributed by atoms with E-state index in [1.807, 2.05) is 20.8 Å². The SMILES string of the molecule is CC(C)(C)C[C@H]1N[C@@H](C(=O)CCC(=O)O)[C@H](c2ccc(F)c(Cl)c2)[C@@]12C(=O)Nc1cc(Cl)c(F)cc12. The Labute approximate surface area is 217 Å². The zero-order chi connectivity index (χ0) is 26.6. The molecule has 1 spiro atoms. The van der Waals surface area contributed by atoms with E-state index in [1.54, 1.807) is 0 Å². The first kappa shape index (κ1) is 26.5. The van der Waals surface area contributed by atoms with Gasteiger partial charge in [0.1, 0.15) is 17.0 Å². The number of carboxylic acid groups (broad SMARTS) is 1. The van der Waals surface area contributed by atoms with Crippen molar-refractivity contribution in [3.8, 4) is 0 Å². The van der Waals surface area contributed by atoms with Gasteiger partial charge in [-0.25, -0.2) is 8.78 Å². The minimum atomic E-state index is -1.47. The number of aliphatic carboxylic acids is 1. The van der Waals surface area contributed by atoms with E-state index < -0.39 is 59.1 Å². The number of anilines is 1. The summed E-state index contributed by atoms with van der Waals surface area (Å²) in [4.78, 5) is 38.5. The number of ketones is 1. The van der Waals surface area contributed by atoms with Crippen molar-refractivity contribution in [1.82, 2.24) is 5.32 Å². The van der Waals surface area contributed by atoms with Crippen LogP contribution < -0.4 is 10.6 Å². The molecule has 36 heavy (non-hydrogen) atoms. The van der Waals surface area contributed by atoms with Crippen LogP contribution in [-0.2, 0) is 19.8 Å². The van der Waals surface area contributed by atoms with Crippen molar-refractivity contribution in [3.05, 3.63) is 63.1 Å².